The summed E-state index contributed by atoms with van der Waals surface area (Å²) in [5.74, 6) is -13.7. The summed E-state index contributed by atoms with van der Waals surface area (Å²) < 4.78 is 0. The molecule has 15 atom stereocenters. The molecule has 4 rings (SSSR count). The lowest BCUT2D eigenvalue weighted by Gasteiger charge is -2.32. The van der Waals surface area contributed by atoms with E-state index in [1.807, 2.05) is 0 Å². The summed E-state index contributed by atoms with van der Waals surface area (Å²) in [6.45, 7) is 19.7. The second-order valence-electron chi connectivity index (χ2n) is 28.6. The Hall–Kier alpha value is -8.36. The number of nitrogens with one attached hydrogen (secondary N) is 10. The molecule has 3 aliphatic rings. The Kier molecular flexibility index (Phi) is 34.0. The molecule has 101 heavy (non-hydrogen) atoms. The van der Waals surface area contributed by atoms with Gasteiger partial charge in [-0.05, 0) is 99.4 Å². The molecule has 3 heterocycles. The molecule has 3 aliphatic heterocycles. The predicted octanol–water partition coefficient (Wildman–Crippen LogP) is -2.43. The van der Waals surface area contributed by atoms with E-state index >= 15 is 0 Å². The van der Waals surface area contributed by atoms with E-state index < -0.39 is 205 Å². The van der Waals surface area contributed by atoms with Crippen LogP contribution in [-0.2, 0) is 73.5 Å². The second kappa shape index (κ2) is 40.3. The summed E-state index contributed by atoms with van der Waals surface area (Å²) in [7, 11) is 0. The number of carbonyl (C=O) groups is 14. The molecule has 0 bridgehead atoms. The zero-order chi connectivity index (χ0) is 75.9. The molecule has 32 heteroatoms. The van der Waals surface area contributed by atoms with Gasteiger partial charge in [-0.1, -0.05) is 120 Å². The number of likely N-dealkylation sites (tertiary alicyclic amines) is 3. The van der Waals surface area contributed by atoms with Crippen LogP contribution in [0.3, 0.4) is 0 Å². The van der Waals surface area contributed by atoms with Crippen molar-refractivity contribution in [1.29, 1.82) is 0 Å². The van der Waals surface area contributed by atoms with Gasteiger partial charge in [-0.3, -0.25) is 62.3 Å². The number of aliphatic carboxylic acids is 1. The Balaban J connectivity index is 1.41. The second-order valence-corrected chi connectivity index (χ2v) is 28.6. The highest BCUT2D eigenvalue weighted by molar-refractivity contribution is 6.00. The average Bonchev–Trinajstić information content (AvgIpc) is 1.82. The van der Waals surface area contributed by atoms with Crippen LogP contribution in [0.2, 0.25) is 0 Å². The van der Waals surface area contributed by atoms with E-state index in [1.165, 1.54) is 16.7 Å². The van der Waals surface area contributed by atoms with Crippen LogP contribution in [0.1, 0.15) is 153 Å². The van der Waals surface area contributed by atoms with Crippen molar-refractivity contribution in [1.82, 2.24) is 67.9 Å². The van der Waals surface area contributed by atoms with Crippen molar-refractivity contribution in [2.75, 3.05) is 39.4 Å². The summed E-state index contributed by atoms with van der Waals surface area (Å²) in [4.78, 5) is 197. The zero-order valence-corrected chi connectivity index (χ0v) is 60.7. The Morgan fingerprint density at radius 1 is 0.465 bits per heavy atom. The fourth-order valence-electron chi connectivity index (χ4n) is 12.3. The van der Waals surface area contributed by atoms with Crippen molar-refractivity contribution in [2.45, 2.75) is 239 Å². The number of carbonyl (C=O) groups excluding carboxylic acids is 13. The molecule has 16 N–H and O–H groups in total. The molecule has 0 aromatic heterocycles. The van der Waals surface area contributed by atoms with E-state index in [1.54, 1.807) is 113 Å². The molecule has 566 valence electrons. The first kappa shape index (κ1) is 85.1. The normalized spacial score (nSPS) is 19.7. The first-order valence-corrected chi connectivity index (χ1v) is 35.3. The third-order valence-corrected chi connectivity index (χ3v) is 18.5. The molecule has 3 fully saturated rings. The molecule has 0 aliphatic carbocycles. The largest absolute Gasteiger partial charge is 0.480 e. The van der Waals surface area contributed by atoms with E-state index in [9.17, 15) is 87.5 Å². The minimum absolute atomic E-state index is 0.00907. The van der Waals surface area contributed by atoms with Gasteiger partial charge in [0.05, 0.1) is 31.9 Å². The van der Waals surface area contributed by atoms with E-state index in [-0.39, 0.29) is 75.9 Å². The van der Waals surface area contributed by atoms with Crippen LogP contribution in [0.5, 0.6) is 0 Å². The maximum atomic E-state index is 14.5. The van der Waals surface area contributed by atoms with Gasteiger partial charge in [-0.2, -0.15) is 0 Å². The van der Waals surface area contributed by atoms with Gasteiger partial charge in [0.15, 0.2) is 0 Å². The van der Waals surface area contributed by atoms with Crippen molar-refractivity contribution in [3.8, 4) is 0 Å². The molecule has 1 aromatic carbocycles. The highest BCUT2D eigenvalue weighted by Crippen LogP contribution is 2.24. The van der Waals surface area contributed by atoms with Crippen molar-refractivity contribution in [3.63, 3.8) is 0 Å². The Morgan fingerprint density at radius 3 is 1.35 bits per heavy atom. The summed E-state index contributed by atoms with van der Waals surface area (Å²) >= 11 is 0. The Labute approximate surface area is 591 Å². The number of amides is 13. The maximum Gasteiger partial charge on any atom is 0.326 e. The molecule has 1 aromatic rings. The van der Waals surface area contributed by atoms with Crippen molar-refractivity contribution in [3.05, 3.63) is 35.9 Å². The van der Waals surface area contributed by atoms with Gasteiger partial charge in [-0.25, -0.2) is 4.79 Å². The SMILES string of the molecule is CC[C@H](C)[C@H](NC(=O)[C@@H]1CCCN1C(=O)CNC(=O)[C@@H]1CCCN1C(=O)[C@H](CC(C)C)NC(=O)[C@@H](NC(=O)[C@@H](NC(=O)[C@@H](NC(=O)[C@@H](N)C(C)C)C(C)C)C(C)C)[C@@H](C)O)C(=O)N[C@@H](CC(C)C)C(=O)N[C@@H](CO)C(=O)N[C@@H](CO)C(=O)N[C@@H](Cc1ccccc1)C(=O)N1CCC[C@H]1C(=O)O. The van der Waals surface area contributed by atoms with Gasteiger partial charge in [0.25, 0.3) is 0 Å². The molecule has 0 unspecified atom stereocenters. The topological polar surface area (TPSA) is 476 Å². The number of aliphatic hydroxyl groups is 3. The number of aliphatic hydroxyl groups excluding tert-OH is 3. The van der Waals surface area contributed by atoms with Crippen molar-refractivity contribution >= 4 is 82.8 Å². The van der Waals surface area contributed by atoms with E-state index in [4.69, 9.17) is 5.73 Å². The number of hydrogen-bond acceptors (Lipinski definition) is 18. The molecule has 0 saturated carbocycles. The van der Waals surface area contributed by atoms with Gasteiger partial charge in [-0.15, -0.1) is 0 Å². The van der Waals surface area contributed by atoms with Gasteiger partial charge in [0, 0.05) is 26.1 Å². The molecule has 32 nitrogen and oxygen atoms in total. The lowest BCUT2D eigenvalue weighted by Crippen LogP contribution is -2.62. The summed E-state index contributed by atoms with van der Waals surface area (Å²) in [5, 5.41) is 67.2. The summed E-state index contributed by atoms with van der Waals surface area (Å²) in [6.07, 6.45) is 0.548. The monoisotopic (exact) mass is 1420 g/mol. The van der Waals surface area contributed by atoms with Gasteiger partial charge >= 0.3 is 5.97 Å². The average molecular weight is 1430 g/mol. The van der Waals surface area contributed by atoms with Gasteiger partial charge < -0.3 is 94.0 Å². The third-order valence-electron chi connectivity index (χ3n) is 18.5. The van der Waals surface area contributed by atoms with Crippen LogP contribution in [0, 0.1) is 35.5 Å². The molecule has 3 saturated heterocycles. The van der Waals surface area contributed by atoms with Crippen LogP contribution in [0.4, 0.5) is 0 Å². The van der Waals surface area contributed by atoms with Crippen LogP contribution in [-0.4, -0.2) is 242 Å². The van der Waals surface area contributed by atoms with Gasteiger partial charge in [0.2, 0.25) is 76.8 Å². The molecule has 13 amide bonds. The number of nitrogens with zero attached hydrogens (tertiary/aromatic N) is 3. The van der Waals surface area contributed by atoms with Crippen LogP contribution >= 0.6 is 0 Å². The van der Waals surface area contributed by atoms with Crippen LogP contribution in [0.25, 0.3) is 0 Å². The fourth-order valence-corrected chi connectivity index (χ4v) is 12.3. The molecule has 0 radical (unpaired) electrons. The van der Waals surface area contributed by atoms with Crippen molar-refractivity contribution < 1.29 is 87.5 Å². The Bertz CT molecular complexity index is 3040. The lowest BCUT2D eigenvalue weighted by molar-refractivity contribution is -0.149. The number of carboxylic acids is 1. The first-order valence-electron chi connectivity index (χ1n) is 35.3. The van der Waals surface area contributed by atoms with Crippen LogP contribution < -0.4 is 58.9 Å². The lowest BCUT2D eigenvalue weighted by atomic mass is 9.96. The fraction of sp³-hybridized carbons (Fsp3) is 0.710. The molecule has 0 spiro atoms. The summed E-state index contributed by atoms with van der Waals surface area (Å²) in [6, 6.07) is -8.35. The molecular weight excluding hydrogens is 1310 g/mol. The maximum absolute atomic E-state index is 14.5. The van der Waals surface area contributed by atoms with Gasteiger partial charge in [0.1, 0.15) is 72.5 Å². The third kappa shape index (κ3) is 24.7. The number of rotatable bonds is 38. The number of benzene rings is 1. The van der Waals surface area contributed by atoms with E-state index in [0.717, 1.165) is 4.90 Å². The Morgan fingerprint density at radius 2 is 0.871 bits per heavy atom. The quantitative estimate of drug-likeness (QED) is 0.0327. The highest BCUT2D eigenvalue weighted by atomic mass is 16.4. The zero-order valence-electron chi connectivity index (χ0n) is 60.7. The van der Waals surface area contributed by atoms with Crippen LogP contribution in [0.15, 0.2) is 30.3 Å². The smallest absolute Gasteiger partial charge is 0.326 e. The standard InChI is InChI=1S/C69H112N14O18/c1-14-40(12)55(65(96)72-43(29-35(2)3)57(88)75-47(34-85)59(90)76-46(33-84)58(89)73-45(31-42-21-16-15-17-22-42)68(99)83-28-20-25-50(83)69(100)101)79-61(92)49-24-18-26-81(49)51(87)32-71-60(91)48-23-19-27-82(48)67(98)44(30-36(4)5)74-66(97)56(41(13)86)80-64(95)54(39(10)11)78-63(94)53(38(8)9)77-62(93)52(70)37(6)7/h15-17,21-22,35-41,43-50,52-56,84-86H,14,18-20,23-34,70H2,1-13H3,(H,71,91)(H,72,96)(H,73,89)(H,74,97)(H,75,88)(H,76,90)(H,77,93)(H,78,94)(H,79,92)(H,80,95)(H,100,101)/t40-,41+,43-,44-,45-,46-,47-,48-,49-,50-,52-,53-,54-,55-,56-/m0/s1. The predicted molar refractivity (Wildman–Crippen MR) is 369 cm³/mol. The minimum atomic E-state index is -1.75. The van der Waals surface area contributed by atoms with Crippen molar-refractivity contribution in [2.24, 2.45) is 41.2 Å². The number of hydrogen-bond donors (Lipinski definition) is 15. The molecular formula is C69H112N14O18. The number of carboxylic acid groups (broad SMARTS) is 1. The number of nitrogens with two attached hydrogens (primary N) is 1. The van der Waals surface area contributed by atoms with E-state index in [2.05, 4.69) is 53.2 Å². The highest BCUT2D eigenvalue weighted by Gasteiger charge is 2.44. The summed E-state index contributed by atoms with van der Waals surface area (Å²) in [5.41, 5.74) is 6.64. The van der Waals surface area contributed by atoms with E-state index in [0.29, 0.717) is 31.2 Å². The first-order chi connectivity index (χ1) is 47.5. The minimum Gasteiger partial charge on any atom is -0.480 e.